The Morgan fingerprint density at radius 3 is 2.20 bits per heavy atom. The third-order valence-corrected chi connectivity index (χ3v) is 5.51. The Labute approximate surface area is 149 Å². The van der Waals surface area contributed by atoms with Gasteiger partial charge in [0.2, 0.25) is 15.9 Å². The third-order valence-electron chi connectivity index (χ3n) is 3.90. The molecule has 0 aliphatic heterocycles. The van der Waals surface area contributed by atoms with Gasteiger partial charge in [0.25, 0.3) is 0 Å². The molecule has 0 aliphatic rings. The summed E-state index contributed by atoms with van der Waals surface area (Å²) >= 11 is 0. The fraction of sp³-hybridized carbons (Fsp3) is 0.316. The van der Waals surface area contributed by atoms with Crippen LogP contribution in [0.5, 0.6) is 0 Å². The molecule has 1 unspecified atom stereocenters. The van der Waals surface area contributed by atoms with Gasteiger partial charge in [-0.3, -0.25) is 4.79 Å². The van der Waals surface area contributed by atoms with Crippen LogP contribution in [0, 0.1) is 6.92 Å². The molecule has 1 atom stereocenters. The summed E-state index contributed by atoms with van der Waals surface area (Å²) < 4.78 is 27.0. The Balaban J connectivity index is 2.00. The van der Waals surface area contributed by atoms with Crippen LogP contribution in [0.2, 0.25) is 0 Å². The lowest BCUT2D eigenvalue weighted by molar-refractivity contribution is -0.115. The predicted octanol–water partition coefficient (Wildman–Crippen LogP) is 3.25. The summed E-state index contributed by atoms with van der Waals surface area (Å²) in [7, 11) is -3.53. The smallest absolute Gasteiger partial charge is 0.240 e. The van der Waals surface area contributed by atoms with Crippen LogP contribution < -0.4 is 10.0 Å². The highest BCUT2D eigenvalue weighted by Gasteiger charge is 2.16. The zero-order valence-corrected chi connectivity index (χ0v) is 15.6. The zero-order chi connectivity index (χ0) is 18.4. The molecular formula is C19H24N2O3S. The van der Waals surface area contributed by atoms with Gasteiger partial charge < -0.3 is 5.32 Å². The molecule has 6 heteroatoms. The first-order valence-corrected chi connectivity index (χ1v) is 9.76. The van der Waals surface area contributed by atoms with Gasteiger partial charge in [-0.25, -0.2) is 13.1 Å². The van der Waals surface area contributed by atoms with Crippen molar-refractivity contribution in [1.29, 1.82) is 0 Å². The van der Waals surface area contributed by atoms with Gasteiger partial charge in [0, 0.05) is 11.7 Å². The van der Waals surface area contributed by atoms with Crippen molar-refractivity contribution in [1.82, 2.24) is 4.72 Å². The Bertz CT molecular complexity index is 813. The summed E-state index contributed by atoms with van der Waals surface area (Å²) in [5.74, 6) is -0.141. The van der Waals surface area contributed by atoms with Crippen LogP contribution in [0.3, 0.4) is 0 Å². The average molecular weight is 360 g/mol. The van der Waals surface area contributed by atoms with Crippen molar-refractivity contribution in [2.45, 2.75) is 44.6 Å². The Morgan fingerprint density at radius 1 is 1.04 bits per heavy atom. The lowest BCUT2D eigenvalue weighted by Crippen LogP contribution is -2.31. The SMILES string of the molecule is CCC(C)NS(=O)(=O)c1ccc(NC(=O)Cc2ccc(C)cc2)cc1. The number of carbonyl (C=O) groups excluding carboxylic acids is 1. The van der Waals surface area contributed by atoms with E-state index in [2.05, 4.69) is 10.0 Å². The summed E-state index contributed by atoms with van der Waals surface area (Å²) in [6.45, 7) is 5.73. The lowest BCUT2D eigenvalue weighted by Gasteiger charge is -2.12. The summed E-state index contributed by atoms with van der Waals surface area (Å²) in [5, 5.41) is 2.78. The number of benzene rings is 2. The van der Waals surface area contributed by atoms with Crippen molar-refractivity contribution in [2.75, 3.05) is 5.32 Å². The summed E-state index contributed by atoms with van der Waals surface area (Å²) in [5.41, 5.74) is 2.65. The van der Waals surface area contributed by atoms with Crippen LogP contribution in [-0.4, -0.2) is 20.4 Å². The average Bonchev–Trinajstić information content (AvgIpc) is 2.57. The minimum atomic E-state index is -3.53. The standard InChI is InChI=1S/C19H24N2O3S/c1-4-15(3)21-25(23,24)18-11-9-17(10-12-18)20-19(22)13-16-7-5-14(2)6-8-16/h5-12,15,21H,4,13H2,1-3H3,(H,20,22). The van der Waals surface area contributed by atoms with E-state index in [4.69, 9.17) is 0 Å². The van der Waals surface area contributed by atoms with Crippen LogP contribution >= 0.6 is 0 Å². The van der Waals surface area contributed by atoms with E-state index in [-0.39, 0.29) is 23.3 Å². The number of carbonyl (C=O) groups is 1. The minimum Gasteiger partial charge on any atom is -0.326 e. The normalized spacial score (nSPS) is 12.6. The molecule has 2 aromatic rings. The third kappa shape index (κ3) is 5.69. The number of hydrogen-bond acceptors (Lipinski definition) is 3. The van der Waals surface area contributed by atoms with Crippen LogP contribution in [0.25, 0.3) is 0 Å². The number of aryl methyl sites for hydroxylation is 1. The van der Waals surface area contributed by atoms with E-state index >= 15 is 0 Å². The van der Waals surface area contributed by atoms with Gasteiger partial charge in [0.15, 0.2) is 0 Å². The Kier molecular flexibility index (Phi) is 6.33. The van der Waals surface area contributed by atoms with E-state index in [1.807, 2.05) is 45.0 Å². The number of anilines is 1. The van der Waals surface area contributed by atoms with Gasteiger partial charge in [-0.05, 0) is 50.1 Å². The number of rotatable bonds is 7. The molecule has 0 fully saturated rings. The molecule has 0 saturated heterocycles. The molecule has 0 aromatic heterocycles. The first-order chi connectivity index (χ1) is 11.8. The van der Waals surface area contributed by atoms with E-state index in [0.717, 1.165) is 11.1 Å². The molecule has 0 bridgehead atoms. The molecule has 25 heavy (non-hydrogen) atoms. The molecule has 5 nitrogen and oxygen atoms in total. The molecular weight excluding hydrogens is 336 g/mol. The van der Waals surface area contributed by atoms with Crippen molar-refractivity contribution in [3.63, 3.8) is 0 Å². The van der Waals surface area contributed by atoms with Gasteiger partial charge in [-0.2, -0.15) is 0 Å². The van der Waals surface area contributed by atoms with Gasteiger partial charge >= 0.3 is 0 Å². The van der Waals surface area contributed by atoms with E-state index in [1.165, 1.54) is 12.1 Å². The highest BCUT2D eigenvalue weighted by Crippen LogP contribution is 2.15. The number of amides is 1. The van der Waals surface area contributed by atoms with Gasteiger partial charge in [-0.1, -0.05) is 36.8 Å². The molecule has 0 aliphatic carbocycles. The fourth-order valence-electron chi connectivity index (χ4n) is 2.23. The summed E-state index contributed by atoms with van der Waals surface area (Å²) in [4.78, 5) is 12.3. The first kappa shape index (κ1) is 19.1. The highest BCUT2D eigenvalue weighted by molar-refractivity contribution is 7.89. The molecule has 0 radical (unpaired) electrons. The van der Waals surface area contributed by atoms with Gasteiger partial charge in [0.05, 0.1) is 11.3 Å². The molecule has 0 spiro atoms. The number of hydrogen-bond donors (Lipinski definition) is 2. The quantitative estimate of drug-likeness (QED) is 0.796. The minimum absolute atomic E-state index is 0.126. The second-order valence-electron chi connectivity index (χ2n) is 6.17. The van der Waals surface area contributed by atoms with Crippen LogP contribution in [0.4, 0.5) is 5.69 Å². The first-order valence-electron chi connectivity index (χ1n) is 8.28. The number of nitrogens with one attached hydrogen (secondary N) is 2. The molecule has 134 valence electrons. The highest BCUT2D eigenvalue weighted by atomic mass is 32.2. The molecule has 2 rings (SSSR count). The van der Waals surface area contributed by atoms with E-state index in [9.17, 15) is 13.2 Å². The maximum absolute atomic E-state index is 12.2. The monoisotopic (exact) mass is 360 g/mol. The molecule has 0 saturated carbocycles. The summed E-state index contributed by atoms with van der Waals surface area (Å²) in [6, 6.07) is 13.8. The van der Waals surface area contributed by atoms with Crippen molar-refractivity contribution in [3.8, 4) is 0 Å². The van der Waals surface area contributed by atoms with E-state index < -0.39 is 10.0 Å². The van der Waals surface area contributed by atoms with Crippen molar-refractivity contribution < 1.29 is 13.2 Å². The van der Waals surface area contributed by atoms with Gasteiger partial charge in [0.1, 0.15) is 0 Å². The lowest BCUT2D eigenvalue weighted by atomic mass is 10.1. The second-order valence-corrected chi connectivity index (χ2v) is 7.88. The Hall–Kier alpha value is -2.18. The van der Waals surface area contributed by atoms with E-state index in [0.29, 0.717) is 12.1 Å². The van der Waals surface area contributed by atoms with Crippen molar-refractivity contribution >= 4 is 21.6 Å². The summed E-state index contributed by atoms with van der Waals surface area (Å²) in [6.07, 6.45) is 0.988. The number of sulfonamides is 1. The van der Waals surface area contributed by atoms with Crippen LogP contribution in [-0.2, 0) is 21.2 Å². The molecule has 2 N–H and O–H groups in total. The maximum atomic E-state index is 12.2. The zero-order valence-electron chi connectivity index (χ0n) is 14.7. The second kappa shape index (κ2) is 8.27. The largest absolute Gasteiger partial charge is 0.326 e. The Morgan fingerprint density at radius 2 is 1.64 bits per heavy atom. The van der Waals surface area contributed by atoms with E-state index in [1.54, 1.807) is 12.1 Å². The fourth-order valence-corrected chi connectivity index (χ4v) is 3.56. The van der Waals surface area contributed by atoms with Crippen LogP contribution in [0.15, 0.2) is 53.4 Å². The van der Waals surface area contributed by atoms with Gasteiger partial charge in [-0.15, -0.1) is 0 Å². The van der Waals surface area contributed by atoms with Crippen molar-refractivity contribution in [2.24, 2.45) is 0 Å². The van der Waals surface area contributed by atoms with Crippen molar-refractivity contribution in [3.05, 3.63) is 59.7 Å². The molecule has 0 heterocycles. The molecule has 1 amide bonds. The van der Waals surface area contributed by atoms with Crippen LogP contribution in [0.1, 0.15) is 31.4 Å². The predicted molar refractivity (Wildman–Crippen MR) is 100 cm³/mol. The maximum Gasteiger partial charge on any atom is 0.240 e. The topological polar surface area (TPSA) is 75.3 Å². The molecule has 2 aromatic carbocycles.